The Kier molecular flexibility index (Phi) is 7.55. The molecule has 3 atom stereocenters. The van der Waals surface area contributed by atoms with E-state index in [1.807, 2.05) is 45.0 Å². The summed E-state index contributed by atoms with van der Waals surface area (Å²) in [6.07, 6.45) is 1.33. The summed E-state index contributed by atoms with van der Waals surface area (Å²) in [7, 11) is 3.26. The van der Waals surface area contributed by atoms with E-state index in [1.54, 1.807) is 20.3 Å². The van der Waals surface area contributed by atoms with Gasteiger partial charge in [0.2, 0.25) is 5.91 Å². The van der Waals surface area contributed by atoms with Crippen molar-refractivity contribution >= 4 is 5.91 Å². The van der Waals surface area contributed by atoms with Crippen LogP contribution < -0.4 is 19.7 Å². The Morgan fingerprint density at radius 3 is 2.48 bits per heavy atom. The molecule has 0 saturated carbocycles. The first-order chi connectivity index (χ1) is 14.8. The maximum atomic E-state index is 14.4. The Hall–Kier alpha value is -2.60. The van der Waals surface area contributed by atoms with Crippen molar-refractivity contribution in [1.82, 2.24) is 5.32 Å². The number of methoxy groups -OCH3 is 2. The molecule has 0 bridgehead atoms. The number of halogens is 1. The van der Waals surface area contributed by atoms with Crippen LogP contribution in [0.2, 0.25) is 0 Å². The minimum atomic E-state index is -0.191. The lowest BCUT2D eigenvalue weighted by Gasteiger charge is -2.38. The van der Waals surface area contributed by atoms with Gasteiger partial charge in [-0.05, 0) is 36.6 Å². The molecule has 1 aliphatic heterocycles. The van der Waals surface area contributed by atoms with Crippen LogP contribution in [0.4, 0.5) is 4.39 Å². The number of hydrogen-bond acceptors (Lipinski definition) is 3. The van der Waals surface area contributed by atoms with Crippen molar-refractivity contribution in [3.05, 3.63) is 58.9 Å². The predicted molar refractivity (Wildman–Crippen MR) is 119 cm³/mol. The number of amides is 1. The van der Waals surface area contributed by atoms with Crippen molar-refractivity contribution in [1.29, 1.82) is 0 Å². The molecule has 2 N–H and O–H groups in total. The van der Waals surface area contributed by atoms with Gasteiger partial charge in [-0.15, -0.1) is 0 Å². The maximum Gasteiger partial charge on any atom is 0.220 e. The summed E-state index contributed by atoms with van der Waals surface area (Å²) in [5.74, 6) is 1.51. The van der Waals surface area contributed by atoms with E-state index in [0.29, 0.717) is 30.0 Å². The second kappa shape index (κ2) is 10.1. The van der Waals surface area contributed by atoms with Crippen molar-refractivity contribution in [2.75, 3.05) is 20.8 Å². The molecule has 1 aliphatic rings. The van der Waals surface area contributed by atoms with Crippen LogP contribution in [0, 0.1) is 11.7 Å². The summed E-state index contributed by atoms with van der Waals surface area (Å²) in [4.78, 5) is 13.8. The third kappa shape index (κ3) is 5.37. The molecule has 1 amide bonds. The number of fused-ring (bicyclic) bond motifs is 1. The molecule has 0 spiro atoms. The topological polar surface area (TPSA) is 52.0 Å². The quantitative estimate of drug-likeness (QED) is 0.678. The third-order valence-corrected chi connectivity index (χ3v) is 5.99. The molecule has 1 heterocycles. The number of rotatable bonds is 8. The molecule has 2 aromatic rings. The Morgan fingerprint density at radius 2 is 1.84 bits per heavy atom. The molecule has 31 heavy (non-hydrogen) atoms. The third-order valence-electron chi connectivity index (χ3n) is 5.99. The average Bonchev–Trinajstić information content (AvgIpc) is 2.73. The van der Waals surface area contributed by atoms with Gasteiger partial charge in [-0.3, -0.25) is 4.79 Å². The molecule has 3 rings (SSSR count). The fourth-order valence-electron chi connectivity index (χ4n) is 4.59. The van der Waals surface area contributed by atoms with Crippen LogP contribution in [0.25, 0.3) is 0 Å². The number of quaternary nitrogens is 1. The molecule has 0 fully saturated rings. The minimum Gasteiger partial charge on any atom is -0.493 e. The fraction of sp³-hybridized carbons (Fsp3) is 0.480. The van der Waals surface area contributed by atoms with E-state index in [1.165, 1.54) is 16.5 Å². The van der Waals surface area contributed by atoms with E-state index in [2.05, 4.69) is 5.32 Å². The lowest BCUT2D eigenvalue weighted by Crippen LogP contribution is -3.13. The molecule has 5 nitrogen and oxygen atoms in total. The van der Waals surface area contributed by atoms with Crippen molar-refractivity contribution in [2.24, 2.45) is 5.92 Å². The van der Waals surface area contributed by atoms with Crippen LogP contribution >= 0.6 is 0 Å². The highest BCUT2D eigenvalue weighted by molar-refractivity contribution is 5.76. The van der Waals surface area contributed by atoms with E-state index in [4.69, 9.17) is 9.47 Å². The van der Waals surface area contributed by atoms with Gasteiger partial charge >= 0.3 is 0 Å². The highest BCUT2D eigenvalue weighted by Gasteiger charge is 2.37. The second-order valence-corrected chi connectivity index (χ2v) is 8.76. The van der Waals surface area contributed by atoms with E-state index >= 15 is 0 Å². The number of carbonyl (C=O) groups excluding carboxylic acids is 1. The molecule has 0 aromatic heterocycles. The summed E-state index contributed by atoms with van der Waals surface area (Å²) in [5.41, 5.74) is 2.99. The van der Waals surface area contributed by atoms with Crippen LogP contribution in [0.5, 0.6) is 11.5 Å². The van der Waals surface area contributed by atoms with Crippen LogP contribution in [-0.2, 0) is 17.8 Å². The van der Waals surface area contributed by atoms with Crippen LogP contribution in [0.1, 0.15) is 49.9 Å². The van der Waals surface area contributed by atoms with Crippen molar-refractivity contribution in [2.45, 2.75) is 52.2 Å². The molecule has 2 aromatic carbocycles. The van der Waals surface area contributed by atoms with Crippen molar-refractivity contribution in [3.63, 3.8) is 0 Å². The lowest BCUT2D eigenvalue weighted by atomic mass is 9.87. The maximum absolute atomic E-state index is 14.4. The van der Waals surface area contributed by atoms with Crippen molar-refractivity contribution < 1.29 is 23.6 Å². The van der Waals surface area contributed by atoms with Crippen LogP contribution in [0.3, 0.4) is 0 Å². The number of ether oxygens (including phenoxy) is 2. The smallest absolute Gasteiger partial charge is 0.220 e. The number of carbonyl (C=O) groups is 1. The SMILES string of the molecule is COc1cc2c(cc1OC)[C@@H]([C@H](C)NC(=O)CC(C)C)[NH+](Cc1ccccc1F)CC2. The van der Waals surface area contributed by atoms with Gasteiger partial charge in [0.15, 0.2) is 11.5 Å². The van der Waals surface area contributed by atoms with Gasteiger partial charge in [0.25, 0.3) is 0 Å². The monoisotopic (exact) mass is 429 g/mol. The van der Waals surface area contributed by atoms with E-state index in [-0.39, 0.29) is 29.7 Å². The predicted octanol–water partition coefficient (Wildman–Crippen LogP) is 3.08. The van der Waals surface area contributed by atoms with E-state index < -0.39 is 0 Å². The molecular weight excluding hydrogens is 395 g/mol. The van der Waals surface area contributed by atoms with Crippen LogP contribution in [0.15, 0.2) is 36.4 Å². The summed E-state index contributed by atoms with van der Waals surface area (Å²) in [5, 5.41) is 3.19. The van der Waals surface area contributed by atoms with Gasteiger partial charge in [0.05, 0.1) is 26.8 Å². The largest absolute Gasteiger partial charge is 0.493 e. The summed E-state index contributed by atoms with van der Waals surface area (Å²) < 4.78 is 25.5. The zero-order chi connectivity index (χ0) is 22.5. The molecule has 0 aliphatic carbocycles. The zero-order valence-corrected chi connectivity index (χ0v) is 19.1. The average molecular weight is 430 g/mol. The summed E-state index contributed by atoms with van der Waals surface area (Å²) >= 11 is 0. The number of nitrogens with one attached hydrogen (secondary N) is 2. The first-order valence-corrected chi connectivity index (χ1v) is 11.0. The minimum absolute atomic E-state index is 0.0284. The van der Waals surface area contributed by atoms with E-state index in [9.17, 15) is 9.18 Å². The highest BCUT2D eigenvalue weighted by atomic mass is 19.1. The highest BCUT2D eigenvalue weighted by Crippen LogP contribution is 2.35. The number of benzene rings is 2. The van der Waals surface area contributed by atoms with E-state index in [0.717, 1.165) is 18.5 Å². The molecule has 168 valence electrons. The summed E-state index contributed by atoms with van der Waals surface area (Å²) in [6.45, 7) is 7.50. The lowest BCUT2D eigenvalue weighted by molar-refractivity contribution is -0.948. The van der Waals surface area contributed by atoms with Gasteiger partial charge in [0.1, 0.15) is 18.4 Å². The van der Waals surface area contributed by atoms with Gasteiger partial charge in [-0.2, -0.15) is 0 Å². The van der Waals surface area contributed by atoms with Crippen molar-refractivity contribution in [3.8, 4) is 11.5 Å². The Morgan fingerprint density at radius 1 is 1.16 bits per heavy atom. The Balaban J connectivity index is 1.97. The Bertz CT molecular complexity index is 916. The molecule has 0 radical (unpaired) electrons. The van der Waals surface area contributed by atoms with Gasteiger partial charge in [-0.25, -0.2) is 4.39 Å². The normalized spacial score (nSPS) is 18.9. The van der Waals surface area contributed by atoms with Gasteiger partial charge in [-0.1, -0.05) is 32.0 Å². The molecular formula is C25H34FN2O3+. The zero-order valence-electron chi connectivity index (χ0n) is 19.1. The fourth-order valence-corrected chi connectivity index (χ4v) is 4.59. The molecule has 1 unspecified atom stereocenters. The number of hydrogen-bond donors (Lipinski definition) is 2. The first kappa shape index (κ1) is 23.1. The van der Waals surface area contributed by atoms with Gasteiger partial charge < -0.3 is 19.7 Å². The first-order valence-electron chi connectivity index (χ1n) is 11.0. The van der Waals surface area contributed by atoms with Gasteiger partial charge in [0, 0.05) is 24.0 Å². The molecule has 6 heteroatoms. The molecule has 0 saturated heterocycles. The summed E-state index contributed by atoms with van der Waals surface area (Å²) in [6, 6.07) is 10.8. The Labute approximate surface area is 184 Å². The second-order valence-electron chi connectivity index (χ2n) is 8.76. The van der Waals surface area contributed by atoms with Crippen LogP contribution in [-0.4, -0.2) is 32.7 Å². The standard InChI is InChI=1S/C25H33FN2O3/c1-16(2)12-24(29)27-17(3)25-20-14-23(31-5)22(30-4)13-18(20)10-11-28(25)15-19-8-6-7-9-21(19)26/h6-9,13-14,16-17,25H,10-12,15H2,1-5H3,(H,27,29)/p+1/t17-,25+/m0/s1.